The molecule has 0 spiro atoms. The van der Waals surface area contributed by atoms with Gasteiger partial charge in [0.2, 0.25) is 5.91 Å². The van der Waals surface area contributed by atoms with Gasteiger partial charge in [-0.15, -0.1) is 11.8 Å². The molecule has 6 heteroatoms. The van der Waals surface area contributed by atoms with E-state index in [-0.39, 0.29) is 17.6 Å². The summed E-state index contributed by atoms with van der Waals surface area (Å²) in [6.45, 7) is 1.77. The van der Waals surface area contributed by atoms with Gasteiger partial charge in [-0.3, -0.25) is 4.79 Å². The van der Waals surface area contributed by atoms with Crippen molar-refractivity contribution in [1.29, 1.82) is 5.26 Å². The van der Waals surface area contributed by atoms with Crippen molar-refractivity contribution in [2.24, 2.45) is 5.92 Å². The van der Waals surface area contributed by atoms with Crippen LogP contribution in [0.5, 0.6) is 0 Å². The van der Waals surface area contributed by atoms with Crippen molar-refractivity contribution in [2.45, 2.75) is 30.2 Å². The Bertz CT molecular complexity index is 549. The molecule has 1 saturated carbocycles. The van der Waals surface area contributed by atoms with E-state index in [1.54, 1.807) is 25.1 Å². The quantitative estimate of drug-likeness (QED) is 0.834. The minimum Gasteiger partial charge on any atom is -0.337 e. The Morgan fingerprint density at radius 3 is 2.60 bits per heavy atom. The van der Waals surface area contributed by atoms with Crippen LogP contribution in [0.25, 0.3) is 0 Å². The molecule has 1 amide bonds. The van der Waals surface area contributed by atoms with Gasteiger partial charge in [0.1, 0.15) is 5.54 Å². The van der Waals surface area contributed by atoms with Gasteiger partial charge in [0.15, 0.2) is 0 Å². The summed E-state index contributed by atoms with van der Waals surface area (Å²) in [7, 11) is 0. The van der Waals surface area contributed by atoms with Crippen LogP contribution in [0.15, 0.2) is 23.1 Å². The molecule has 106 valence electrons. The van der Waals surface area contributed by atoms with Crippen LogP contribution in [-0.4, -0.2) is 17.2 Å². The third-order valence-electron chi connectivity index (χ3n) is 3.29. The highest BCUT2D eigenvalue weighted by atomic mass is 35.5. The monoisotopic (exact) mass is 328 g/mol. The number of amides is 1. The molecule has 0 aromatic heterocycles. The molecule has 1 N–H and O–H groups in total. The second-order valence-corrected chi connectivity index (χ2v) is 6.78. The number of hydrogen-bond acceptors (Lipinski definition) is 3. The van der Waals surface area contributed by atoms with Crippen LogP contribution < -0.4 is 5.32 Å². The second kappa shape index (κ2) is 6.26. The van der Waals surface area contributed by atoms with E-state index >= 15 is 0 Å². The molecule has 1 fully saturated rings. The zero-order valence-corrected chi connectivity index (χ0v) is 13.3. The summed E-state index contributed by atoms with van der Waals surface area (Å²) < 4.78 is 0. The van der Waals surface area contributed by atoms with Gasteiger partial charge in [0, 0.05) is 4.90 Å². The minimum atomic E-state index is -0.762. The molecule has 0 aliphatic heterocycles. The van der Waals surface area contributed by atoms with Gasteiger partial charge in [0.05, 0.1) is 21.9 Å². The lowest BCUT2D eigenvalue weighted by Crippen LogP contribution is -2.47. The van der Waals surface area contributed by atoms with Crippen molar-refractivity contribution < 1.29 is 4.79 Å². The van der Waals surface area contributed by atoms with E-state index in [0.717, 1.165) is 12.8 Å². The van der Waals surface area contributed by atoms with Crippen molar-refractivity contribution in [2.75, 3.05) is 5.75 Å². The van der Waals surface area contributed by atoms with E-state index in [1.807, 2.05) is 0 Å². The average Bonchev–Trinajstić information content (AvgIpc) is 3.22. The summed E-state index contributed by atoms with van der Waals surface area (Å²) in [5, 5.41) is 13.1. The molecule has 1 aromatic carbocycles. The fourth-order valence-corrected chi connectivity index (χ4v) is 3.45. The van der Waals surface area contributed by atoms with Crippen molar-refractivity contribution in [3.05, 3.63) is 28.2 Å². The maximum absolute atomic E-state index is 12.0. The Morgan fingerprint density at radius 2 is 2.10 bits per heavy atom. The SMILES string of the molecule is CC(C#N)(NC(=O)CSc1c(Cl)cccc1Cl)C1CC1. The Morgan fingerprint density at radius 1 is 1.50 bits per heavy atom. The van der Waals surface area contributed by atoms with Gasteiger partial charge in [-0.2, -0.15) is 5.26 Å². The Hall–Kier alpha value is -0.890. The summed E-state index contributed by atoms with van der Waals surface area (Å²) in [5.74, 6) is 0.278. The van der Waals surface area contributed by atoms with Crippen molar-refractivity contribution in [3.63, 3.8) is 0 Å². The molecule has 1 aliphatic rings. The number of hydrogen-bond donors (Lipinski definition) is 1. The molecule has 0 radical (unpaired) electrons. The first kappa shape index (κ1) is 15.5. The lowest BCUT2D eigenvalue weighted by atomic mass is 9.98. The molecule has 1 atom stereocenters. The minimum absolute atomic E-state index is 0.179. The number of nitrogens with zero attached hydrogens (tertiary/aromatic N) is 1. The van der Waals surface area contributed by atoms with Gasteiger partial charge in [-0.1, -0.05) is 29.3 Å². The second-order valence-electron chi connectivity index (χ2n) is 4.98. The van der Waals surface area contributed by atoms with Gasteiger partial charge in [-0.05, 0) is 37.8 Å². The first-order valence-corrected chi connectivity index (χ1v) is 7.99. The summed E-state index contributed by atoms with van der Waals surface area (Å²) >= 11 is 13.4. The van der Waals surface area contributed by atoms with Gasteiger partial charge in [0.25, 0.3) is 0 Å². The number of rotatable bonds is 5. The number of carbonyl (C=O) groups is 1. The molecule has 0 saturated heterocycles. The highest BCUT2D eigenvalue weighted by molar-refractivity contribution is 8.00. The number of nitrogens with one attached hydrogen (secondary N) is 1. The van der Waals surface area contributed by atoms with Crippen LogP contribution in [0.2, 0.25) is 10.0 Å². The largest absolute Gasteiger partial charge is 0.337 e. The van der Waals surface area contributed by atoms with Crippen LogP contribution in [0, 0.1) is 17.2 Å². The number of benzene rings is 1. The molecule has 3 nitrogen and oxygen atoms in total. The lowest BCUT2D eigenvalue weighted by molar-refractivity contribution is -0.119. The molecular weight excluding hydrogens is 315 g/mol. The van der Waals surface area contributed by atoms with Crippen molar-refractivity contribution in [3.8, 4) is 6.07 Å². The third-order valence-corrected chi connectivity index (χ3v) is 5.28. The fraction of sp³-hybridized carbons (Fsp3) is 0.429. The molecule has 0 bridgehead atoms. The predicted octanol–water partition coefficient (Wildman–Crippen LogP) is 3.89. The van der Waals surface area contributed by atoms with Gasteiger partial charge < -0.3 is 5.32 Å². The molecule has 2 rings (SSSR count). The Kier molecular flexibility index (Phi) is 4.85. The average molecular weight is 329 g/mol. The number of carbonyl (C=O) groups excluding carboxylic acids is 1. The highest BCUT2D eigenvalue weighted by Crippen LogP contribution is 2.39. The summed E-state index contributed by atoms with van der Waals surface area (Å²) in [6.07, 6.45) is 1.99. The third kappa shape index (κ3) is 3.60. The summed E-state index contributed by atoms with van der Waals surface area (Å²) in [5.41, 5.74) is -0.762. The first-order chi connectivity index (χ1) is 9.46. The van der Waals surface area contributed by atoms with Gasteiger partial charge >= 0.3 is 0 Å². The summed E-state index contributed by atoms with van der Waals surface area (Å²) in [6, 6.07) is 7.42. The lowest BCUT2D eigenvalue weighted by Gasteiger charge is -2.22. The van der Waals surface area contributed by atoms with Crippen LogP contribution >= 0.6 is 35.0 Å². The van der Waals surface area contributed by atoms with E-state index in [2.05, 4.69) is 11.4 Å². The molecule has 1 unspecified atom stereocenters. The highest BCUT2D eigenvalue weighted by Gasteiger charge is 2.42. The van der Waals surface area contributed by atoms with Crippen LogP contribution in [0.1, 0.15) is 19.8 Å². The van der Waals surface area contributed by atoms with Crippen LogP contribution in [-0.2, 0) is 4.79 Å². The van der Waals surface area contributed by atoms with E-state index in [4.69, 9.17) is 23.2 Å². The predicted molar refractivity (Wildman–Crippen MR) is 82.1 cm³/mol. The zero-order valence-electron chi connectivity index (χ0n) is 11.0. The number of thioether (sulfide) groups is 1. The van der Waals surface area contributed by atoms with Crippen LogP contribution in [0.4, 0.5) is 0 Å². The molecule has 1 aliphatic carbocycles. The smallest absolute Gasteiger partial charge is 0.231 e. The first-order valence-electron chi connectivity index (χ1n) is 6.25. The Labute approximate surface area is 132 Å². The Balaban J connectivity index is 1.94. The summed E-state index contributed by atoms with van der Waals surface area (Å²) in [4.78, 5) is 12.7. The topological polar surface area (TPSA) is 52.9 Å². The molecule has 1 aromatic rings. The van der Waals surface area contributed by atoms with Crippen molar-refractivity contribution in [1.82, 2.24) is 5.32 Å². The molecule has 0 heterocycles. The maximum atomic E-state index is 12.0. The molecule has 20 heavy (non-hydrogen) atoms. The fourth-order valence-electron chi connectivity index (χ4n) is 1.97. The zero-order chi connectivity index (χ0) is 14.8. The van der Waals surface area contributed by atoms with E-state index in [1.165, 1.54) is 11.8 Å². The van der Waals surface area contributed by atoms with E-state index in [0.29, 0.717) is 14.9 Å². The molecular formula is C14H14Cl2N2OS. The number of halogens is 2. The van der Waals surface area contributed by atoms with Crippen LogP contribution in [0.3, 0.4) is 0 Å². The number of nitriles is 1. The maximum Gasteiger partial charge on any atom is 0.231 e. The van der Waals surface area contributed by atoms with Gasteiger partial charge in [-0.25, -0.2) is 0 Å². The normalized spacial score (nSPS) is 17.1. The van der Waals surface area contributed by atoms with E-state index in [9.17, 15) is 10.1 Å². The van der Waals surface area contributed by atoms with E-state index < -0.39 is 5.54 Å². The standard InChI is InChI=1S/C14H14Cl2N2OS/c1-14(8-17,9-5-6-9)18-12(19)7-20-13-10(15)3-2-4-11(13)16/h2-4,9H,5-7H2,1H3,(H,18,19). The van der Waals surface area contributed by atoms with Crippen molar-refractivity contribution >= 4 is 40.9 Å².